The van der Waals surface area contributed by atoms with E-state index in [1.165, 1.54) is 0 Å². The van der Waals surface area contributed by atoms with Gasteiger partial charge in [-0.15, -0.1) is 6.58 Å². The summed E-state index contributed by atoms with van der Waals surface area (Å²) in [6.07, 6.45) is 8.19. The molecule has 0 aliphatic carbocycles. The van der Waals surface area contributed by atoms with Gasteiger partial charge >= 0.3 is 0 Å². The third kappa shape index (κ3) is 7.44. The van der Waals surface area contributed by atoms with Crippen LogP contribution >= 0.6 is 0 Å². The van der Waals surface area contributed by atoms with Gasteiger partial charge in [0.05, 0.1) is 13.2 Å². The minimum absolute atomic E-state index is 0.667. The molecule has 0 amide bonds. The van der Waals surface area contributed by atoms with Crippen molar-refractivity contribution in [1.82, 2.24) is 0 Å². The van der Waals surface area contributed by atoms with Gasteiger partial charge < -0.3 is 4.74 Å². The summed E-state index contributed by atoms with van der Waals surface area (Å²) in [5.74, 6) is 0. The molecular weight excluding hydrogens is 124 g/mol. The van der Waals surface area contributed by atoms with Crippen molar-refractivity contribution in [2.24, 2.45) is 0 Å². The van der Waals surface area contributed by atoms with Gasteiger partial charge in [-0.25, -0.2) is 0 Å². The van der Waals surface area contributed by atoms with Crippen LogP contribution in [0.5, 0.6) is 0 Å². The lowest BCUT2D eigenvalue weighted by Crippen LogP contribution is -1.91. The summed E-state index contributed by atoms with van der Waals surface area (Å²) < 4.78 is 5.16. The van der Waals surface area contributed by atoms with Crippen LogP contribution in [-0.2, 0) is 4.74 Å². The zero-order valence-corrected chi connectivity index (χ0v) is 6.68. The average Bonchev–Trinajstić information content (AvgIpc) is 1.97. The topological polar surface area (TPSA) is 9.23 Å². The Hall–Kier alpha value is -0.560. The van der Waals surface area contributed by atoms with Crippen molar-refractivity contribution in [3.63, 3.8) is 0 Å². The van der Waals surface area contributed by atoms with Crippen molar-refractivity contribution in [3.05, 3.63) is 24.8 Å². The predicted octanol–water partition coefficient (Wildman–Crippen LogP) is 2.55. The van der Waals surface area contributed by atoms with Crippen LogP contribution in [0.25, 0.3) is 0 Å². The molecule has 0 fully saturated rings. The summed E-state index contributed by atoms with van der Waals surface area (Å²) in [6.45, 7) is 7.15. The molecular formula is C9H16O. The van der Waals surface area contributed by atoms with Crippen molar-refractivity contribution in [3.8, 4) is 0 Å². The standard InChI is InChI=1S/C9H16O/c1-3-5-6-7-9-10-8-4-2/h4-6H,2-3,7-9H2,1H3. The van der Waals surface area contributed by atoms with Crippen LogP contribution in [-0.4, -0.2) is 13.2 Å². The van der Waals surface area contributed by atoms with Gasteiger partial charge in [0.2, 0.25) is 0 Å². The Kier molecular flexibility index (Phi) is 7.97. The Labute approximate surface area is 63.4 Å². The second kappa shape index (κ2) is 8.44. The lowest BCUT2D eigenvalue weighted by Gasteiger charge is -1.94. The number of hydrogen-bond acceptors (Lipinski definition) is 1. The van der Waals surface area contributed by atoms with Gasteiger partial charge in [-0.3, -0.25) is 0 Å². The minimum atomic E-state index is 0.667. The van der Waals surface area contributed by atoms with E-state index in [-0.39, 0.29) is 0 Å². The smallest absolute Gasteiger partial charge is 0.0644 e. The second-order valence-electron chi connectivity index (χ2n) is 2.03. The van der Waals surface area contributed by atoms with E-state index in [2.05, 4.69) is 25.7 Å². The molecule has 0 heterocycles. The predicted molar refractivity (Wildman–Crippen MR) is 45.1 cm³/mol. The lowest BCUT2D eigenvalue weighted by molar-refractivity contribution is 0.167. The Morgan fingerprint density at radius 1 is 1.40 bits per heavy atom. The van der Waals surface area contributed by atoms with Crippen LogP contribution in [0.15, 0.2) is 24.8 Å². The zero-order valence-electron chi connectivity index (χ0n) is 6.68. The van der Waals surface area contributed by atoms with Crippen LogP contribution in [0.2, 0.25) is 0 Å². The summed E-state index contributed by atoms with van der Waals surface area (Å²) in [7, 11) is 0. The van der Waals surface area contributed by atoms with Gasteiger partial charge in [0.1, 0.15) is 0 Å². The fraction of sp³-hybridized carbons (Fsp3) is 0.556. The van der Waals surface area contributed by atoms with Gasteiger partial charge in [-0.1, -0.05) is 25.2 Å². The van der Waals surface area contributed by atoms with Crippen molar-refractivity contribution >= 4 is 0 Å². The normalized spacial score (nSPS) is 10.5. The van der Waals surface area contributed by atoms with Crippen molar-refractivity contribution in [1.29, 1.82) is 0 Å². The molecule has 58 valence electrons. The molecule has 0 rings (SSSR count). The van der Waals surface area contributed by atoms with Gasteiger partial charge in [-0.2, -0.15) is 0 Å². The van der Waals surface area contributed by atoms with Crippen molar-refractivity contribution in [2.45, 2.75) is 19.8 Å². The highest BCUT2D eigenvalue weighted by Crippen LogP contribution is 1.87. The minimum Gasteiger partial charge on any atom is -0.377 e. The van der Waals surface area contributed by atoms with E-state index >= 15 is 0 Å². The summed E-state index contributed by atoms with van der Waals surface area (Å²) in [5, 5.41) is 0. The van der Waals surface area contributed by atoms with Crippen LogP contribution in [0, 0.1) is 0 Å². The van der Waals surface area contributed by atoms with E-state index in [0.717, 1.165) is 19.4 Å². The Bertz CT molecular complexity index is 94.9. The Morgan fingerprint density at radius 3 is 2.80 bits per heavy atom. The summed E-state index contributed by atoms with van der Waals surface area (Å²) in [5.41, 5.74) is 0. The quantitative estimate of drug-likeness (QED) is 0.407. The van der Waals surface area contributed by atoms with Gasteiger partial charge in [0.15, 0.2) is 0 Å². The molecule has 0 N–H and O–H groups in total. The first kappa shape index (κ1) is 9.44. The number of rotatable bonds is 6. The molecule has 0 bridgehead atoms. The lowest BCUT2D eigenvalue weighted by atomic mass is 10.3. The number of allylic oxidation sites excluding steroid dienone is 1. The van der Waals surface area contributed by atoms with Gasteiger partial charge in [0, 0.05) is 0 Å². The molecule has 1 nitrogen and oxygen atoms in total. The molecule has 0 unspecified atom stereocenters. The highest BCUT2D eigenvalue weighted by Gasteiger charge is 1.79. The molecule has 0 atom stereocenters. The summed E-state index contributed by atoms with van der Waals surface area (Å²) in [6, 6.07) is 0. The maximum absolute atomic E-state index is 5.16. The van der Waals surface area contributed by atoms with Gasteiger partial charge in [-0.05, 0) is 12.8 Å². The van der Waals surface area contributed by atoms with E-state index in [1.807, 2.05) is 0 Å². The Balaban J connectivity index is 2.89. The molecule has 0 aromatic rings. The van der Waals surface area contributed by atoms with Crippen LogP contribution in [0.3, 0.4) is 0 Å². The number of ether oxygens (including phenoxy) is 1. The fourth-order valence-corrected chi connectivity index (χ4v) is 0.603. The number of hydrogen-bond donors (Lipinski definition) is 0. The zero-order chi connectivity index (χ0) is 7.66. The van der Waals surface area contributed by atoms with Gasteiger partial charge in [0.25, 0.3) is 0 Å². The molecule has 0 spiro atoms. The molecule has 0 saturated carbocycles. The first-order valence-electron chi connectivity index (χ1n) is 3.75. The first-order chi connectivity index (χ1) is 4.91. The Morgan fingerprint density at radius 2 is 2.20 bits per heavy atom. The van der Waals surface area contributed by atoms with Crippen molar-refractivity contribution in [2.75, 3.05) is 13.2 Å². The molecule has 10 heavy (non-hydrogen) atoms. The molecule has 0 aromatic carbocycles. The first-order valence-corrected chi connectivity index (χ1v) is 3.75. The second-order valence-corrected chi connectivity index (χ2v) is 2.03. The maximum Gasteiger partial charge on any atom is 0.0644 e. The highest BCUT2D eigenvalue weighted by atomic mass is 16.5. The molecule has 0 aromatic heterocycles. The molecule has 1 heteroatoms. The summed E-state index contributed by atoms with van der Waals surface area (Å²) in [4.78, 5) is 0. The maximum atomic E-state index is 5.16. The van der Waals surface area contributed by atoms with E-state index in [9.17, 15) is 0 Å². The van der Waals surface area contributed by atoms with Crippen molar-refractivity contribution < 1.29 is 4.74 Å². The molecule has 0 aliphatic rings. The van der Waals surface area contributed by atoms with Crippen LogP contribution in [0.4, 0.5) is 0 Å². The monoisotopic (exact) mass is 140 g/mol. The highest BCUT2D eigenvalue weighted by molar-refractivity contribution is 4.79. The van der Waals surface area contributed by atoms with Crippen LogP contribution in [0.1, 0.15) is 19.8 Å². The van der Waals surface area contributed by atoms with E-state index in [4.69, 9.17) is 4.74 Å². The third-order valence-corrected chi connectivity index (χ3v) is 1.07. The van der Waals surface area contributed by atoms with E-state index < -0.39 is 0 Å². The SMILES string of the molecule is C=CCOCCC=CCC. The van der Waals surface area contributed by atoms with E-state index in [1.54, 1.807) is 6.08 Å². The third-order valence-electron chi connectivity index (χ3n) is 1.07. The largest absolute Gasteiger partial charge is 0.377 e. The summed E-state index contributed by atoms with van der Waals surface area (Å²) >= 11 is 0. The molecule has 0 saturated heterocycles. The molecule has 0 aliphatic heterocycles. The van der Waals surface area contributed by atoms with Crippen LogP contribution < -0.4 is 0 Å². The molecule has 0 radical (unpaired) electrons. The van der Waals surface area contributed by atoms with E-state index in [0.29, 0.717) is 6.61 Å². The fourth-order valence-electron chi connectivity index (χ4n) is 0.603. The average molecular weight is 140 g/mol.